The van der Waals surface area contributed by atoms with Crippen LogP contribution in [-0.2, 0) is 57.5 Å². The van der Waals surface area contributed by atoms with E-state index in [4.69, 9.17) is 20.7 Å². The molecule has 0 spiro atoms. The first-order valence-electron chi connectivity index (χ1n) is 20.3. The van der Waals surface area contributed by atoms with Gasteiger partial charge >= 0.3 is 23.9 Å². The highest BCUT2D eigenvalue weighted by Gasteiger charge is 2.39. The molecule has 64 heavy (non-hydrogen) atoms. The third-order valence-electron chi connectivity index (χ3n) is 9.71. The number of nitrogens with one attached hydrogen (secondary N) is 6. The number of likely N-dealkylation sites (tertiary alicyclic amines) is 1. The van der Waals surface area contributed by atoms with Gasteiger partial charge in [-0.25, -0.2) is 4.79 Å². The Kier molecular flexibility index (Phi) is 25.4. The van der Waals surface area contributed by atoms with Gasteiger partial charge in [0.2, 0.25) is 41.4 Å². The topological polar surface area (TPSA) is 428 Å². The smallest absolute Gasteiger partial charge is 0.326 e. The lowest BCUT2D eigenvalue weighted by atomic mass is 9.96. The van der Waals surface area contributed by atoms with Gasteiger partial charge in [0, 0.05) is 26.3 Å². The molecule has 7 amide bonds. The zero-order valence-corrected chi connectivity index (χ0v) is 36.5. The van der Waals surface area contributed by atoms with Crippen molar-refractivity contribution >= 4 is 71.2 Å². The Morgan fingerprint density at radius 3 is 1.48 bits per heavy atom. The first-order chi connectivity index (χ1) is 29.7. The quantitative estimate of drug-likeness (QED) is 0.0397. The standard InChI is InChI=1S/C36H58N8O16.C2H4O2/c1-6-17(4)28(42-35(58)29(18(5)45)43-32(55)22-8-7-13-44(22)23(46)15-37)34(57)39-19(9-11-24(47)48)30(53)38-20(10-12-25(49)50)31(54)41-27(16(2)3)33(56)40-21(36(59)60)14-26(51)52;1-2(3)4/h16-22,27-29,45H,6-15,37H2,1-5H3,(H,38,53)(H,39,57)(H,40,56)(H,41,54)(H,42,58)(H,43,55)(H,47,48)(H,49,50)(H,51,52)(H,59,60);1H3,(H,3,4)/t17-,18+,19-,20-,21-,22-,27-,28-,29-;/m0./s1. The summed E-state index contributed by atoms with van der Waals surface area (Å²) in [5.41, 5.74) is 5.45. The first-order valence-corrected chi connectivity index (χ1v) is 20.3. The number of hydrogen-bond donors (Lipinski definition) is 13. The molecule has 0 aromatic rings. The number of carboxylic acid groups (broad SMARTS) is 5. The fourth-order valence-electron chi connectivity index (χ4n) is 6.09. The Morgan fingerprint density at radius 2 is 1.06 bits per heavy atom. The van der Waals surface area contributed by atoms with Gasteiger partial charge in [0.15, 0.2) is 0 Å². The molecule has 0 bridgehead atoms. The Hall–Kier alpha value is -6.44. The molecular weight excluding hydrogens is 856 g/mol. The van der Waals surface area contributed by atoms with E-state index in [1.165, 1.54) is 25.7 Å². The number of aliphatic carboxylic acids is 5. The van der Waals surface area contributed by atoms with Crippen molar-refractivity contribution in [1.29, 1.82) is 0 Å². The lowest BCUT2D eigenvalue weighted by Crippen LogP contribution is -2.62. The minimum Gasteiger partial charge on any atom is -0.481 e. The van der Waals surface area contributed by atoms with Gasteiger partial charge in [0.1, 0.15) is 42.3 Å². The predicted octanol–water partition coefficient (Wildman–Crippen LogP) is -3.69. The third kappa shape index (κ3) is 20.6. The number of amides is 7. The molecule has 0 aliphatic carbocycles. The molecule has 1 aliphatic heterocycles. The van der Waals surface area contributed by atoms with Crippen molar-refractivity contribution in [2.24, 2.45) is 17.6 Å². The number of aliphatic hydroxyl groups excluding tert-OH is 1. The molecule has 0 radical (unpaired) electrons. The van der Waals surface area contributed by atoms with Crippen molar-refractivity contribution in [3.05, 3.63) is 0 Å². The second-order valence-electron chi connectivity index (χ2n) is 15.3. The minimum absolute atomic E-state index is 0.248. The van der Waals surface area contributed by atoms with Gasteiger partial charge in [-0.3, -0.25) is 52.7 Å². The number of nitrogens with zero attached hydrogens (tertiary/aromatic N) is 1. The van der Waals surface area contributed by atoms with Crippen molar-refractivity contribution in [2.75, 3.05) is 13.1 Å². The van der Waals surface area contributed by atoms with Crippen LogP contribution >= 0.6 is 0 Å². The number of carboxylic acids is 5. The second kappa shape index (κ2) is 28.3. The number of nitrogens with two attached hydrogens (primary N) is 1. The van der Waals surface area contributed by atoms with Gasteiger partial charge in [-0.15, -0.1) is 0 Å². The predicted molar refractivity (Wildman–Crippen MR) is 218 cm³/mol. The third-order valence-corrected chi connectivity index (χ3v) is 9.71. The lowest BCUT2D eigenvalue weighted by Gasteiger charge is -2.30. The molecule has 1 heterocycles. The fraction of sp³-hybridized carbons (Fsp3) is 0.684. The Morgan fingerprint density at radius 1 is 0.625 bits per heavy atom. The molecule has 0 unspecified atom stereocenters. The summed E-state index contributed by atoms with van der Waals surface area (Å²) in [6.45, 7) is 8.27. The highest BCUT2D eigenvalue weighted by molar-refractivity contribution is 5.98. The molecule has 362 valence electrons. The molecule has 14 N–H and O–H groups in total. The van der Waals surface area contributed by atoms with Crippen molar-refractivity contribution in [1.82, 2.24) is 36.8 Å². The Bertz CT molecular complexity index is 1700. The maximum absolute atomic E-state index is 13.8. The molecule has 1 saturated heterocycles. The average Bonchev–Trinajstić information content (AvgIpc) is 3.69. The number of hydrogen-bond acceptors (Lipinski definition) is 14. The molecule has 0 saturated carbocycles. The molecule has 0 aromatic heterocycles. The van der Waals surface area contributed by atoms with E-state index < -0.39 is 164 Å². The monoisotopic (exact) mass is 918 g/mol. The molecule has 1 fully saturated rings. The van der Waals surface area contributed by atoms with Crippen molar-refractivity contribution < 1.29 is 88.2 Å². The maximum atomic E-state index is 13.8. The first kappa shape index (κ1) is 57.6. The SMILES string of the molecule is CC(=O)O.CC[C@H](C)[C@H](NC(=O)[C@@H](NC(=O)[C@@H]1CCCN1C(=O)CN)[C@@H](C)O)C(=O)N[C@@H](CCC(=O)O)C(=O)N[C@@H](CCC(=O)O)C(=O)N[C@H](C(=O)N[C@@H](CC(=O)O)C(=O)O)C(C)C. The van der Waals surface area contributed by atoms with Gasteiger partial charge in [-0.2, -0.15) is 0 Å². The zero-order valence-electron chi connectivity index (χ0n) is 36.5. The van der Waals surface area contributed by atoms with E-state index in [-0.39, 0.29) is 25.9 Å². The van der Waals surface area contributed by atoms with Crippen LogP contribution in [0.3, 0.4) is 0 Å². The van der Waals surface area contributed by atoms with Crippen LogP contribution in [0.15, 0.2) is 0 Å². The number of aliphatic hydroxyl groups is 1. The summed E-state index contributed by atoms with van der Waals surface area (Å²) in [5.74, 6) is -15.0. The minimum atomic E-state index is -1.88. The molecule has 26 heteroatoms. The zero-order chi connectivity index (χ0) is 49.6. The van der Waals surface area contributed by atoms with Crippen LogP contribution in [0, 0.1) is 11.8 Å². The number of rotatable bonds is 26. The van der Waals surface area contributed by atoms with E-state index in [2.05, 4.69) is 26.6 Å². The molecular formula is C38H62N8O18. The van der Waals surface area contributed by atoms with Crippen LogP contribution < -0.4 is 37.6 Å². The van der Waals surface area contributed by atoms with Crippen LogP contribution in [0.2, 0.25) is 0 Å². The van der Waals surface area contributed by atoms with Crippen molar-refractivity contribution in [3.8, 4) is 0 Å². The summed E-state index contributed by atoms with van der Waals surface area (Å²) in [6, 6.07) is -10.9. The highest BCUT2D eigenvalue weighted by atomic mass is 16.4. The van der Waals surface area contributed by atoms with E-state index in [1.54, 1.807) is 13.8 Å². The summed E-state index contributed by atoms with van der Waals surface area (Å²) >= 11 is 0. The van der Waals surface area contributed by atoms with Crippen LogP contribution in [0.4, 0.5) is 0 Å². The largest absolute Gasteiger partial charge is 0.481 e. The van der Waals surface area contributed by atoms with Gasteiger partial charge < -0.3 is 73.2 Å². The maximum Gasteiger partial charge on any atom is 0.326 e. The molecule has 1 rings (SSSR count). The average molecular weight is 919 g/mol. The molecule has 26 nitrogen and oxygen atoms in total. The number of carbonyl (C=O) groups excluding carboxylic acids is 7. The summed E-state index contributed by atoms with van der Waals surface area (Å²) in [7, 11) is 0. The van der Waals surface area contributed by atoms with Gasteiger partial charge in [-0.1, -0.05) is 34.1 Å². The van der Waals surface area contributed by atoms with Crippen molar-refractivity contribution in [2.45, 2.75) is 141 Å². The van der Waals surface area contributed by atoms with Crippen LogP contribution in [0.1, 0.15) is 92.9 Å². The van der Waals surface area contributed by atoms with E-state index in [1.807, 2.05) is 5.32 Å². The second-order valence-corrected chi connectivity index (χ2v) is 15.3. The Labute approximate surface area is 367 Å². The van der Waals surface area contributed by atoms with Crippen molar-refractivity contribution in [3.63, 3.8) is 0 Å². The molecule has 0 aromatic carbocycles. The summed E-state index contributed by atoms with van der Waals surface area (Å²) in [5, 5.41) is 68.8. The van der Waals surface area contributed by atoms with Gasteiger partial charge in [-0.05, 0) is 44.4 Å². The normalized spacial score (nSPS) is 16.9. The van der Waals surface area contributed by atoms with E-state index in [0.717, 1.165) is 6.92 Å². The van der Waals surface area contributed by atoms with Crippen LogP contribution in [-0.4, -0.2) is 168 Å². The molecule has 1 aliphatic rings. The van der Waals surface area contributed by atoms with E-state index in [0.29, 0.717) is 6.42 Å². The van der Waals surface area contributed by atoms with Crippen LogP contribution in [0.25, 0.3) is 0 Å². The molecule has 9 atom stereocenters. The number of carbonyl (C=O) groups is 12. The Balaban J connectivity index is 0.00000948. The van der Waals surface area contributed by atoms with E-state index in [9.17, 15) is 73.2 Å². The summed E-state index contributed by atoms with van der Waals surface area (Å²) in [6.07, 6.45) is -4.11. The summed E-state index contributed by atoms with van der Waals surface area (Å²) in [4.78, 5) is 149. The van der Waals surface area contributed by atoms with Gasteiger partial charge in [0.25, 0.3) is 5.97 Å². The fourth-order valence-corrected chi connectivity index (χ4v) is 6.09. The van der Waals surface area contributed by atoms with Crippen LogP contribution in [0.5, 0.6) is 0 Å². The summed E-state index contributed by atoms with van der Waals surface area (Å²) < 4.78 is 0. The van der Waals surface area contributed by atoms with E-state index >= 15 is 0 Å². The lowest BCUT2D eigenvalue weighted by molar-refractivity contribution is -0.147. The highest BCUT2D eigenvalue weighted by Crippen LogP contribution is 2.18. The van der Waals surface area contributed by atoms with Gasteiger partial charge in [0.05, 0.1) is 19.1 Å².